The molecule has 0 spiro atoms. The highest BCUT2D eigenvalue weighted by Gasteiger charge is 2.19. The number of aldehydes is 1. The molecule has 1 N–H and O–H groups in total. The molecule has 0 atom stereocenters. The zero-order chi connectivity index (χ0) is 17.7. The molecule has 0 aromatic heterocycles. The van der Waals surface area contributed by atoms with Gasteiger partial charge in [-0.3, -0.25) is 4.72 Å². The molecule has 0 saturated heterocycles. The molecule has 0 radical (unpaired) electrons. The van der Waals surface area contributed by atoms with Crippen molar-refractivity contribution >= 4 is 22.0 Å². The van der Waals surface area contributed by atoms with Gasteiger partial charge in [-0.25, -0.2) is 8.42 Å². The van der Waals surface area contributed by atoms with Crippen molar-refractivity contribution in [1.82, 2.24) is 0 Å². The molecule has 24 heavy (non-hydrogen) atoms. The van der Waals surface area contributed by atoms with Crippen LogP contribution in [-0.2, 0) is 21.2 Å². The van der Waals surface area contributed by atoms with Crippen LogP contribution >= 0.6 is 0 Å². The van der Waals surface area contributed by atoms with Crippen LogP contribution < -0.4 is 9.46 Å². The SMILES string of the molecule is CCOc1c(NS(=O)(=O)c2cccc(C)c2)ccc(C)c1CC=O. The normalized spacial score (nSPS) is 11.1. The van der Waals surface area contributed by atoms with Crippen LogP contribution in [0.4, 0.5) is 5.69 Å². The minimum atomic E-state index is -3.74. The molecule has 0 amide bonds. The van der Waals surface area contributed by atoms with Crippen molar-refractivity contribution in [2.45, 2.75) is 32.1 Å². The molecule has 2 aromatic carbocycles. The predicted molar refractivity (Wildman–Crippen MR) is 94.1 cm³/mol. The quantitative estimate of drug-likeness (QED) is 0.781. The summed E-state index contributed by atoms with van der Waals surface area (Å²) in [5.41, 5.74) is 2.76. The Morgan fingerprint density at radius 3 is 2.54 bits per heavy atom. The van der Waals surface area contributed by atoms with Crippen LogP contribution in [0.3, 0.4) is 0 Å². The van der Waals surface area contributed by atoms with Crippen molar-refractivity contribution < 1.29 is 17.9 Å². The van der Waals surface area contributed by atoms with Crippen molar-refractivity contribution in [2.24, 2.45) is 0 Å². The fraction of sp³-hybridized carbons (Fsp3) is 0.278. The van der Waals surface area contributed by atoms with E-state index in [1.807, 2.05) is 26.8 Å². The number of hydrogen-bond donors (Lipinski definition) is 1. The van der Waals surface area contributed by atoms with E-state index in [1.54, 1.807) is 24.3 Å². The lowest BCUT2D eigenvalue weighted by Crippen LogP contribution is -2.15. The first-order chi connectivity index (χ1) is 11.4. The molecule has 0 unspecified atom stereocenters. The second-order valence-electron chi connectivity index (χ2n) is 5.46. The Hall–Kier alpha value is -2.34. The van der Waals surface area contributed by atoms with Crippen LogP contribution in [0, 0.1) is 13.8 Å². The number of sulfonamides is 1. The van der Waals surface area contributed by atoms with E-state index in [2.05, 4.69) is 4.72 Å². The summed E-state index contributed by atoms with van der Waals surface area (Å²) in [6.07, 6.45) is 0.949. The second kappa shape index (κ2) is 7.49. The molecule has 128 valence electrons. The number of carbonyl (C=O) groups is 1. The van der Waals surface area contributed by atoms with Crippen LogP contribution in [0.15, 0.2) is 41.3 Å². The van der Waals surface area contributed by atoms with E-state index in [1.165, 1.54) is 6.07 Å². The molecule has 2 aromatic rings. The van der Waals surface area contributed by atoms with Gasteiger partial charge in [0.1, 0.15) is 12.0 Å². The molecule has 0 fully saturated rings. The second-order valence-corrected chi connectivity index (χ2v) is 7.15. The number of benzene rings is 2. The molecule has 0 bridgehead atoms. The van der Waals surface area contributed by atoms with Crippen molar-refractivity contribution in [3.63, 3.8) is 0 Å². The van der Waals surface area contributed by atoms with Crippen molar-refractivity contribution in [1.29, 1.82) is 0 Å². The van der Waals surface area contributed by atoms with E-state index in [0.29, 0.717) is 23.6 Å². The highest BCUT2D eigenvalue weighted by atomic mass is 32.2. The van der Waals surface area contributed by atoms with Gasteiger partial charge in [-0.15, -0.1) is 0 Å². The van der Waals surface area contributed by atoms with Crippen LogP contribution in [0.2, 0.25) is 0 Å². The summed E-state index contributed by atoms with van der Waals surface area (Å²) in [4.78, 5) is 11.1. The maximum atomic E-state index is 12.6. The monoisotopic (exact) mass is 347 g/mol. The smallest absolute Gasteiger partial charge is 0.262 e. The third-order valence-electron chi connectivity index (χ3n) is 3.62. The summed E-state index contributed by atoms with van der Waals surface area (Å²) in [5, 5.41) is 0. The van der Waals surface area contributed by atoms with E-state index in [-0.39, 0.29) is 11.3 Å². The third-order valence-corrected chi connectivity index (χ3v) is 4.98. The number of ether oxygens (including phenoxy) is 1. The molecule has 6 heteroatoms. The topological polar surface area (TPSA) is 72.5 Å². The summed E-state index contributed by atoms with van der Waals surface area (Å²) < 4.78 is 33.5. The molecular weight excluding hydrogens is 326 g/mol. The van der Waals surface area contributed by atoms with E-state index < -0.39 is 10.0 Å². The number of rotatable bonds is 7. The van der Waals surface area contributed by atoms with E-state index in [9.17, 15) is 13.2 Å². The summed E-state index contributed by atoms with van der Waals surface area (Å²) in [6, 6.07) is 10.1. The largest absolute Gasteiger partial charge is 0.491 e. The fourth-order valence-electron chi connectivity index (χ4n) is 2.44. The van der Waals surface area contributed by atoms with Gasteiger partial charge < -0.3 is 9.53 Å². The molecule has 0 aliphatic carbocycles. The fourth-order valence-corrected chi connectivity index (χ4v) is 3.61. The summed E-state index contributed by atoms with van der Waals surface area (Å²) in [6.45, 7) is 5.87. The number of hydrogen-bond acceptors (Lipinski definition) is 4. The van der Waals surface area contributed by atoms with Gasteiger partial charge in [0.2, 0.25) is 0 Å². The lowest BCUT2D eigenvalue weighted by molar-refractivity contribution is -0.107. The van der Waals surface area contributed by atoms with Gasteiger partial charge >= 0.3 is 0 Å². The summed E-state index contributed by atoms with van der Waals surface area (Å²) >= 11 is 0. The Labute approximate surface area is 142 Å². The van der Waals surface area contributed by atoms with Crippen molar-refractivity contribution in [2.75, 3.05) is 11.3 Å². The number of nitrogens with one attached hydrogen (secondary N) is 1. The van der Waals surface area contributed by atoms with Gasteiger partial charge in [0.25, 0.3) is 10.0 Å². The number of anilines is 1. The van der Waals surface area contributed by atoms with Crippen LogP contribution in [0.25, 0.3) is 0 Å². The van der Waals surface area contributed by atoms with Gasteiger partial charge in [-0.1, -0.05) is 18.2 Å². The molecule has 0 aliphatic heterocycles. The van der Waals surface area contributed by atoms with Gasteiger partial charge in [0.15, 0.2) is 0 Å². The first-order valence-corrected chi connectivity index (χ1v) is 9.15. The van der Waals surface area contributed by atoms with Gasteiger partial charge in [0, 0.05) is 12.0 Å². The standard InChI is InChI=1S/C18H21NO4S/c1-4-23-18-16(10-11-20)14(3)8-9-17(18)19-24(21,22)15-7-5-6-13(2)12-15/h5-9,11-12,19H,4,10H2,1-3H3. The van der Waals surface area contributed by atoms with Crippen molar-refractivity contribution in [3.05, 3.63) is 53.1 Å². The molecule has 0 saturated carbocycles. The Balaban J connectivity index is 2.48. The number of aryl methyl sites for hydroxylation is 2. The third kappa shape index (κ3) is 3.94. The minimum absolute atomic E-state index is 0.168. The molecule has 5 nitrogen and oxygen atoms in total. The Kier molecular flexibility index (Phi) is 5.62. The average molecular weight is 347 g/mol. The maximum absolute atomic E-state index is 12.6. The highest BCUT2D eigenvalue weighted by Crippen LogP contribution is 2.33. The van der Waals surface area contributed by atoms with Crippen LogP contribution in [0.1, 0.15) is 23.6 Å². The Morgan fingerprint density at radius 2 is 1.92 bits per heavy atom. The first kappa shape index (κ1) is 18.0. The molecule has 0 heterocycles. The zero-order valence-corrected chi connectivity index (χ0v) is 14.8. The highest BCUT2D eigenvalue weighted by molar-refractivity contribution is 7.92. The van der Waals surface area contributed by atoms with Crippen molar-refractivity contribution in [3.8, 4) is 5.75 Å². The van der Waals surface area contributed by atoms with Gasteiger partial charge in [-0.05, 0) is 50.1 Å². The maximum Gasteiger partial charge on any atom is 0.262 e. The number of carbonyl (C=O) groups excluding carboxylic acids is 1. The zero-order valence-electron chi connectivity index (χ0n) is 14.0. The minimum Gasteiger partial charge on any atom is -0.491 e. The summed E-state index contributed by atoms with van der Waals surface area (Å²) in [5.74, 6) is 0.404. The lowest BCUT2D eigenvalue weighted by Gasteiger charge is -2.17. The summed E-state index contributed by atoms with van der Waals surface area (Å²) in [7, 11) is -3.74. The van der Waals surface area contributed by atoms with E-state index in [0.717, 1.165) is 17.4 Å². The predicted octanol–water partition coefficient (Wildman–Crippen LogP) is 3.24. The molecule has 0 aliphatic rings. The average Bonchev–Trinajstić information content (AvgIpc) is 2.53. The van der Waals surface area contributed by atoms with Crippen LogP contribution in [-0.4, -0.2) is 21.3 Å². The van der Waals surface area contributed by atoms with Crippen LogP contribution in [0.5, 0.6) is 5.75 Å². The van der Waals surface area contributed by atoms with Gasteiger partial charge in [0.05, 0.1) is 17.2 Å². The van der Waals surface area contributed by atoms with Gasteiger partial charge in [-0.2, -0.15) is 0 Å². The Morgan fingerprint density at radius 1 is 1.17 bits per heavy atom. The Bertz CT molecular complexity index is 844. The van der Waals surface area contributed by atoms with E-state index in [4.69, 9.17) is 4.74 Å². The molecular formula is C18H21NO4S. The van der Waals surface area contributed by atoms with E-state index >= 15 is 0 Å². The lowest BCUT2D eigenvalue weighted by atomic mass is 10.0. The first-order valence-electron chi connectivity index (χ1n) is 7.67. The molecule has 2 rings (SSSR count).